The van der Waals surface area contributed by atoms with Gasteiger partial charge in [0.25, 0.3) is 0 Å². The third-order valence-electron chi connectivity index (χ3n) is 3.89. The fourth-order valence-electron chi connectivity index (χ4n) is 2.99. The summed E-state index contributed by atoms with van der Waals surface area (Å²) in [5.41, 5.74) is 0.742. The first-order chi connectivity index (χ1) is 10.2. The van der Waals surface area contributed by atoms with Gasteiger partial charge in [-0.3, -0.25) is 9.59 Å². The van der Waals surface area contributed by atoms with Crippen LogP contribution in [0.5, 0.6) is 11.5 Å². The van der Waals surface area contributed by atoms with Gasteiger partial charge in [-0.15, -0.1) is 0 Å². The van der Waals surface area contributed by atoms with Crippen LogP contribution in [0.2, 0.25) is 0 Å². The van der Waals surface area contributed by atoms with E-state index in [1.807, 2.05) is 24.3 Å². The minimum atomic E-state index is -0.0586. The van der Waals surface area contributed by atoms with Crippen molar-refractivity contribution < 1.29 is 19.1 Å². The van der Waals surface area contributed by atoms with Crippen molar-refractivity contribution in [1.82, 2.24) is 0 Å². The Balaban J connectivity index is 2.52. The van der Waals surface area contributed by atoms with Crippen molar-refractivity contribution in [2.45, 2.75) is 19.3 Å². The van der Waals surface area contributed by atoms with Crippen molar-refractivity contribution >= 4 is 22.3 Å². The standard InChI is InChI=1S/C17H16O4/c1-20-16-10-6-3-4-7-11(10)17(21-2)15-13(19)9-5-8-12(18)14(15)16/h3-4,6-7H,5,8-9H2,1-2H3. The molecule has 2 aromatic rings. The van der Waals surface area contributed by atoms with Crippen LogP contribution in [0.3, 0.4) is 0 Å². The summed E-state index contributed by atoms with van der Waals surface area (Å²) < 4.78 is 10.9. The maximum absolute atomic E-state index is 12.5. The molecule has 0 unspecified atom stereocenters. The molecule has 0 saturated heterocycles. The number of methoxy groups -OCH3 is 2. The molecule has 0 fully saturated rings. The van der Waals surface area contributed by atoms with Crippen LogP contribution in [0, 0.1) is 0 Å². The number of ether oxygens (including phenoxy) is 2. The van der Waals surface area contributed by atoms with E-state index in [1.54, 1.807) is 0 Å². The number of ketones is 2. The Bertz CT molecular complexity index is 684. The van der Waals surface area contributed by atoms with Crippen molar-refractivity contribution in [2.24, 2.45) is 0 Å². The van der Waals surface area contributed by atoms with Crippen LogP contribution in [0.1, 0.15) is 40.0 Å². The number of hydrogen-bond acceptors (Lipinski definition) is 4. The van der Waals surface area contributed by atoms with E-state index in [1.165, 1.54) is 14.2 Å². The molecule has 4 heteroatoms. The second-order valence-corrected chi connectivity index (χ2v) is 5.06. The third kappa shape index (κ3) is 1.98. The lowest BCUT2D eigenvalue weighted by atomic mass is 9.93. The molecule has 0 bridgehead atoms. The maximum atomic E-state index is 12.5. The first kappa shape index (κ1) is 13.6. The Morgan fingerprint density at radius 1 is 0.810 bits per heavy atom. The number of fused-ring (bicyclic) bond motifs is 2. The molecule has 108 valence electrons. The Morgan fingerprint density at radius 3 is 1.62 bits per heavy atom. The fraction of sp³-hybridized carbons (Fsp3) is 0.294. The van der Waals surface area contributed by atoms with E-state index in [9.17, 15) is 9.59 Å². The summed E-state index contributed by atoms with van der Waals surface area (Å²) in [6.07, 6.45) is 1.28. The van der Waals surface area contributed by atoms with E-state index in [-0.39, 0.29) is 11.6 Å². The first-order valence-corrected chi connectivity index (χ1v) is 6.92. The van der Waals surface area contributed by atoms with Crippen molar-refractivity contribution in [1.29, 1.82) is 0 Å². The summed E-state index contributed by atoms with van der Waals surface area (Å²) in [6, 6.07) is 7.50. The summed E-state index contributed by atoms with van der Waals surface area (Å²) in [4.78, 5) is 24.9. The summed E-state index contributed by atoms with van der Waals surface area (Å²) in [5, 5.41) is 1.58. The van der Waals surface area contributed by atoms with Crippen LogP contribution in [-0.2, 0) is 0 Å². The average molecular weight is 284 g/mol. The van der Waals surface area contributed by atoms with Gasteiger partial charge >= 0.3 is 0 Å². The highest BCUT2D eigenvalue weighted by Gasteiger charge is 2.31. The Labute approximate surface area is 122 Å². The highest BCUT2D eigenvalue weighted by Crippen LogP contribution is 2.43. The Hall–Kier alpha value is -2.36. The van der Waals surface area contributed by atoms with Crippen molar-refractivity contribution in [3.8, 4) is 11.5 Å². The molecule has 0 aromatic heterocycles. The molecule has 21 heavy (non-hydrogen) atoms. The monoisotopic (exact) mass is 284 g/mol. The largest absolute Gasteiger partial charge is 0.495 e. The Morgan fingerprint density at radius 2 is 1.24 bits per heavy atom. The van der Waals surface area contributed by atoms with E-state index in [0.717, 1.165) is 10.8 Å². The van der Waals surface area contributed by atoms with Gasteiger partial charge in [-0.25, -0.2) is 0 Å². The van der Waals surface area contributed by atoms with Crippen LogP contribution >= 0.6 is 0 Å². The smallest absolute Gasteiger partial charge is 0.167 e. The van der Waals surface area contributed by atoms with Crippen LogP contribution in [-0.4, -0.2) is 25.8 Å². The molecule has 0 atom stereocenters. The van der Waals surface area contributed by atoms with Crippen molar-refractivity contribution in [3.63, 3.8) is 0 Å². The molecule has 0 radical (unpaired) electrons. The highest BCUT2D eigenvalue weighted by atomic mass is 16.5. The van der Waals surface area contributed by atoms with Crippen LogP contribution in [0.25, 0.3) is 10.8 Å². The van der Waals surface area contributed by atoms with Gasteiger partial charge in [0.15, 0.2) is 11.6 Å². The minimum absolute atomic E-state index is 0.0586. The van der Waals surface area contributed by atoms with E-state index >= 15 is 0 Å². The lowest BCUT2D eigenvalue weighted by molar-refractivity contribution is 0.0976. The molecule has 3 rings (SSSR count). The SMILES string of the molecule is COc1c2c(c(OC)c3ccccc13)C(=O)CCCC2=O. The van der Waals surface area contributed by atoms with E-state index < -0.39 is 0 Å². The zero-order valence-corrected chi connectivity index (χ0v) is 12.1. The van der Waals surface area contributed by atoms with Gasteiger partial charge in [0.05, 0.1) is 25.3 Å². The fourth-order valence-corrected chi connectivity index (χ4v) is 2.99. The normalized spacial score (nSPS) is 14.8. The number of rotatable bonds is 2. The van der Waals surface area contributed by atoms with Crippen LogP contribution < -0.4 is 9.47 Å². The summed E-state index contributed by atoms with van der Waals surface area (Å²) in [6.45, 7) is 0. The minimum Gasteiger partial charge on any atom is -0.495 e. The van der Waals surface area contributed by atoms with E-state index in [2.05, 4.69) is 0 Å². The lowest BCUT2D eigenvalue weighted by Gasteiger charge is -2.17. The Kier molecular flexibility index (Phi) is 3.37. The van der Waals surface area contributed by atoms with Crippen molar-refractivity contribution in [2.75, 3.05) is 14.2 Å². The van der Waals surface area contributed by atoms with E-state index in [4.69, 9.17) is 9.47 Å². The number of hydrogen-bond donors (Lipinski definition) is 0. The summed E-state index contributed by atoms with van der Waals surface area (Å²) >= 11 is 0. The highest BCUT2D eigenvalue weighted by molar-refractivity contribution is 6.19. The van der Waals surface area contributed by atoms with Gasteiger partial charge in [-0.05, 0) is 6.42 Å². The van der Waals surface area contributed by atoms with Gasteiger partial charge in [-0.1, -0.05) is 24.3 Å². The zero-order valence-electron chi connectivity index (χ0n) is 12.1. The predicted molar refractivity (Wildman–Crippen MR) is 79.6 cm³/mol. The maximum Gasteiger partial charge on any atom is 0.167 e. The second-order valence-electron chi connectivity index (χ2n) is 5.06. The van der Waals surface area contributed by atoms with Gasteiger partial charge in [0.1, 0.15) is 11.5 Å². The first-order valence-electron chi connectivity index (χ1n) is 6.92. The molecule has 1 aliphatic rings. The lowest BCUT2D eigenvalue weighted by Crippen LogP contribution is -2.10. The average Bonchev–Trinajstić information content (AvgIpc) is 2.65. The number of benzene rings is 2. The molecule has 1 aliphatic carbocycles. The quantitative estimate of drug-likeness (QED) is 0.793. The van der Waals surface area contributed by atoms with Crippen molar-refractivity contribution in [3.05, 3.63) is 35.4 Å². The summed E-state index contributed by atoms with van der Waals surface area (Å²) in [5.74, 6) is 0.830. The predicted octanol–water partition coefficient (Wildman–Crippen LogP) is 3.41. The number of Topliss-reactive ketones (excluding diaryl/α,β-unsaturated/α-hetero) is 2. The number of carbonyl (C=O) groups excluding carboxylic acids is 2. The molecule has 4 nitrogen and oxygen atoms in total. The van der Waals surface area contributed by atoms with Crippen LogP contribution in [0.4, 0.5) is 0 Å². The second kappa shape index (κ2) is 5.20. The molecule has 0 heterocycles. The molecule has 0 saturated carbocycles. The molecular formula is C17H16O4. The molecule has 2 aromatic carbocycles. The molecule has 0 spiro atoms. The summed E-state index contributed by atoms with van der Waals surface area (Å²) in [7, 11) is 3.05. The zero-order chi connectivity index (χ0) is 15.0. The third-order valence-corrected chi connectivity index (χ3v) is 3.89. The molecular weight excluding hydrogens is 268 g/mol. The topological polar surface area (TPSA) is 52.6 Å². The molecule has 0 aliphatic heterocycles. The van der Waals surface area contributed by atoms with Gasteiger partial charge in [-0.2, -0.15) is 0 Å². The van der Waals surface area contributed by atoms with Gasteiger partial charge in [0, 0.05) is 23.6 Å². The van der Waals surface area contributed by atoms with Crippen LogP contribution in [0.15, 0.2) is 24.3 Å². The van der Waals surface area contributed by atoms with Gasteiger partial charge in [0.2, 0.25) is 0 Å². The molecule has 0 amide bonds. The molecule has 0 N–H and O–H groups in total. The van der Waals surface area contributed by atoms with Gasteiger partial charge < -0.3 is 9.47 Å². The van der Waals surface area contributed by atoms with E-state index in [0.29, 0.717) is 41.9 Å². The number of carbonyl (C=O) groups is 2.